The van der Waals surface area contributed by atoms with Crippen molar-refractivity contribution in [3.05, 3.63) is 47.8 Å². The lowest BCUT2D eigenvalue weighted by Crippen LogP contribution is -2.21. The fourth-order valence-electron chi connectivity index (χ4n) is 1.59. The Bertz CT molecular complexity index is 913. The number of carbonyl (C=O) groups is 2. The van der Waals surface area contributed by atoms with Crippen LogP contribution < -0.4 is 20.1 Å². The molecule has 1 amide bonds. The number of amides is 1. The molecule has 0 bridgehead atoms. The zero-order chi connectivity index (χ0) is 17.0. The molecule has 2 N–H and O–H groups in total. The van der Waals surface area contributed by atoms with E-state index in [1.165, 1.54) is 13.2 Å². The Balaban J connectivity index is 2.31. The molecule has 0 aliphatic rings. The number of rotatable bonds is 3. The van der Waals surface area contributed by atoms with Gasteiger partial charge in [-0.25, -0.2) is 4.79 Å². The summed E-state index contributed by atoms with van der Waals surface area (Å²) in [7, 11) is 1.20. The molecule has 23 heavy (non-hydrogen) atoms. The SMILES string of the molecule is COC(=O)C=c1sc(=CC(=O)Nc2c(Cl)cccc2Cl)[nH]c1=O. The number of hydrogen-bond acceptors (Lipinski definition) is 5. The molecule has 120 valence electrons. The third kappa shape index (κ3) is 4.44. The van der Waals surface area contributed by atoms with Crippen molar-refractivity contribution < 1.29 is 14.3 Å². The molecule has 2 rings (SSSR count). The first-order valence-corrected chi connectivity index (χ1v) is 7.73. The summed E-state index contributed by atoms with van der Waals surface area (Å²) in [6, 6.07) is 4.81. The van der Waals surface area contributed by atoms with Crippen molar-refractivity contribution >= 4 is 64.3 Å². The second-order valence-corrected chi connectivity index (χ2v) is 6.08. The third-order valence-corrected chi connectivity index (χ3v) is 4.20. The van der Waals surface area contributed by atoms with Crippen molar-refractivity contribution in [1.82, 2.24) is 4.98 Å². The minimum atomic E-state index is -0.656. The highest BCUT2D eigenvalue weighted by Gasteiger charge is 2.08. The van der Waals surface area contributed by atoms with E-state index in [4.69, 9.17) is 23.2 Å². The number of aromatic nitrogens is 1. The molecule has 0 atom stereocenters. The van der Waals surface area contributed by atoms with Crippen molar-refractivity contribution in [2.45, 2.75) is 0 Å². The van der Waals surface area contributed by atoms with Gasteiger partial charge in [0.25, 0.3) is 11.5 Å². The van der Waals surface area contributed by atoms with Gasteiger partial charge in [-0.1, -0.05) is 29.3 Å². The molecular weight excluding hydrogens is 363 g/mol. The maximum absolute atomic E-state index is 12.0. The lowest BCUT2D eigenvalue weighted by Gasteiger charge is -2.06. The van der Waals surface area contributed by atoms with E-state index in [0.29, 0.717) is 10.0 Å². The summed E-state index contributed by atoms with van der Waals surface area (Å²) >= 11 is 12.9. The summed E-state index contributed by atoms with van der Waals surface area (Å²) < 4.78 is 4.85. The monoisotopic (exact) mass is 372 g/mol. The van der Waals surface area contributed by atoms with E-state index in [-0.39, 0.29) is 14.9 Å². The fraction of sp³-hybridized carbons (Fsp3) is 0.0714. The van der Waals surface area contributed by atoms with Gasteiger partial charge in [-0.2, -0.15) is 0 Å². The molecule has 2 aromatic rings. The Morgan fingerprint density at radius 2 is 1.91 bits per heavy atom. The maximum Gasteiger partial charge on any atom is 0.332 e. The van der Waals surface area contributed by atoms with E-state index in [1.807, 2.05) is 0 Å². The first-order valence-electron chi connectivity index (χ1n) is 6.16. The highest BCUT2D eigenvalue weighted by molar-refractivity contribution is 7.07. The molecule has 0 saturated carbocycles. The fourth-order valence-corrected chi connectivity index (χ4v) is 2.92. The summed E-state index contributed by atoms with van der Waals surface area (Å²) in [4.78, 5) is 37.2. The number of benzene rings is 1. The van der Waals surface area contributed by atoms with Crippen molar-refractivity contribution in [1.29, 1.82) is 0 Å². The number of hydrogen-bond donors (Lipinski definition) is 2. The lowest BCUT2D eigenvalue weighted by atomic mass is 10.3. The predicted octanol–water partition coefficient (Wildman–Crippen LogP) is 1.12. The van der Waals surface area contributed by atoms with E-state index in [2.05, 4.69) is 15.0 Å². The normalized spacial score (nSPS) is 12.3. The zero-order valence-corrected chi connectivity index (χ0v) is 14.0. The molecule has 1 aromatic carbocycles. The average molecular weight is 373 g/mol. The van der Waals surface area contributed by atoms with Gasteiger partial charge in [-0.3, -0.25) is 9.59 Å². The number of methoxy groups -OCH3 is 1. The van der Waals surface area contributed by atoms with Crippen LogP contribution in [0.4, 0.5) is 5.69 Å². The van der Waals surface area contributed by atoms with E-state index >= 15 is 0 Å². The van der Waals surface area contributed by atoms with Gasteiger partial charge in [0, 0.05) is 12.2 Å². The van der Waals surface area contributed by atoms with E-state index in [1.54, 1.807) is 18.2 Å². The number of H-pyrrole nitrogens is 1. The number of aromatic amines is 1. The number of nitrogens with one attached hydrogen (secondary N) is 2. The highest BCUT2D eigenvalue weighted by atomic mass is 35.5. The summed E-state index contributed by atoms with van der Waals surface area (Å²) in [6.45, 7) is 0. The molecule has 1 heterocycles. The van der Waals surface area contributed by atoms with Crippen LogP contribution in [0.2, 0.25) is 10.0 Å². The Kier molecular flexibility index (Phi) is 5.59. The predicted molar refractivity (Wildman–Crippen MR) is 90.2 cm³/mol. The Morgan fingerprint density at radius 3 is 2.52 bits per heavy atom. The topological polar surface area (TPSA) is 88.3 Å². The van der Waals surface area contributed by atoms with Crippen molar-refractivity contribution in [2.75, 3.05) is 12.4 Å². The van der Waals surface area contributed by atoms with Gasteiger partial charge in [-0.15, -0.1) is 11.3 Å². The van der Waals surface area contributed by atoms with Gasteiger partial charge >= 0.3 is 5.97 Å². The largest absolute Gasteiger partial charge is 0.466 e. The second-order valence-electron chi connectivity index (χ2n) is 4.18. The minimum Gasteiger partial charge on any atom is -0.466 e. The van der Waals surface area contributed by atoms with Gasteiger partial charge in [-0.05, 0) is 12.1 Å². The zero-order valence-electron chi connectivity index (χ0n) is 11.7. The summed E-state index contributed by atoms with van der Waals surface area (Å²) in [5.74, 6) is -1.18. The van der Waals surface area contributed by atoms with Crippen LogP contribution in [0.25, 0.3) is 12.2 Å². The Morgan fingerprint density at radius 1 is 1.26 bits per heavy atom. The van der Waals surface area contributed by atoms with Gasteiger partial charge in [0.05, 0.1) is 22.8 Å². The van der Waals surface area contributed by atoms with Gasteiger partial charge in [0.1, 0.15) is 9.20 Å². The summed E-state index contributed by atoms with van der Waals surface area (Å²) in [6.07, 6.45) is 2.21. The third-order valence-electron chi connectivity index (χ3n) is 2.60. The molecule has 6 nitrogen and oxygen atoms in total. The molecule has 9 heteroatoms. The van der Waals surface area contributed by atoms with E-state index in [9.17, 15) is 14.4 Å². The Hall–Kier alpha value is -2.09. The summed E-state index contributed by atoms with van der Waals surface area (Å²) in [5.41, 5.74) is -0.215. The van der Waals surface area contributed by atoms with Gasteiger partial charge < -0.3 is 15.0 Å². The average Bonchev–Trinajstić information content (AvgIpc) is 2.82. The van der Waals surface area contributed by atoms with Gasteiger partial charge in [0.15, 0.2) is 0 Å². The molecule has 0 unspecified atom stereocenters. The number of thiazole rings is 1. The number of ether oxygens (including phenoxy) is 1. The number of esters is 1. The number of halogens is 2. The van der Waals surface area contributed by atoms with E-state index in [0.717, 1.165) is 17.4 Å². The van der Waals surface area contributed by atoms with Crippen LogP contribution in [0.1, 0.15) is 0 Å². The molecule has 0 saturated heterocycles. The molecule has 0 fully saturated rings. The van der Waals surface area contributed by atoms with Crippen LogP contribution in [-0.4, -0.2) is 24.0 Å². The summed E-state index contributed by atoms with van der Waals surface area (Å²) in [5, 5.41) is 3.11. The number of anilines is 1. The maximum atomic E-state index is 12.0. The van der Waals surface area contributed by atoms with Crippen LogP contribution in [0, 0.1) is 0 Å². The quantitative estimate of drug-likeness (QED) is 0.790. The van der Waals surface area contributed by atoms with Crippen molar-refractivity contribution in [3.8, 4) is 0 Å². The van der Waals surface area contributed by atoms with Crippen LogP contribution in [0.15, 0.2) is 23.0 Å². The van der Waals surface area contributed by atoms with E-state index < -0.39 is 17.4 Å². The number of carbonyl (C=O) groups excluding carboxylic acids is 2. The van der Waals surface area contributed by atoms with Crippen LogP contribution in [-0.2, 0) is 14.3 Å². The molecule has 0 aliphatic carbocycles. The van der Waals surface area contributed by atoms with Crippen LogP contribution in [0.3, 0.4) is 0 Å². The first kappa shape index (κ1) is 17.3. The highest BCUT2D eigenvalue weighted by Crippen LogP contribution is 2.29. The van der Waals surface area contributed by atoms with Crippen molar-refractivity contribution in [2.24, 2.45) is 0 Å². The smallest absolute Gasteiger partial charge is 0.332 e. The second kappa shape index (κ2) is 7.45. The van der Waals surface area contributed by atoms with Gasteiger partial charge in [0.2, 0.25) is 0 Å². The number of para-hydroxylation sites is 1. The minimum absolute atomic E-state index is 0.131. The van der Waals surface area contributed by atoms with Crippen LogP contribution in [0.5, 0.6) is 0 Å². The molecule has 0 radical (unpaired) electrons. The van der Waals surface area contributed by atoms with Crippen LogP contribution >= 0.6 is 34.5 Å². The molecule has 1 aromatic heterocycles. The Labute approximate surface area is 144 Å². The van der Waals surface area contributed by atoms with Crippen molar-refractivity contribution in [3.63, 3.8) is 0 Å². The molecule has 0 aliphatic heterocycles. The standard InChI is InChI=1S/C14H10Cl2N2O4S/c1-22-12(20)5-9-14(21)18-11(23-9)6-10(19)17-13-7(15)3-2-4-8(13)16/h2-6H,1H3,(H,17,19)(H,18,21). The lowest BCUT2D eigenvalue weighted by molar-refractivity contribution is -0.133. The first-order chi connectivity index (χ1) is 10.9. The molecule has 0 spiro atoms. The molecular formula is C14H10Cl2N2O4S.